The molecule has 2 N–H and O–H groups in total. The quantitative estimate of drug-likeness (QED) is 0.891. The number of benzene rings is 1. The Labute approximate surface area is 121 Å². The SMILES string of the molecule is O=C(NCC1(CCO)CC1)c1cc2cc(Cl)ccc2o1. The van der Waals surface area contributed by atoms with Crippen molar-refractivity contribution in [3.8, 4) is 0 Å². The van der Waals surface area contributed by atoms with Crippen molar-refractivity contribution in [3.63, 3.8) is 0 Å². The van der Waals surface area contributed by atoms with Crippen molar-refractivity contribution in [3.05, 3.63) is 35.0 Å². The molecular weight excluding hydrogens is 278 g/mol. The van der Waals surface area contributed by atoms with E-state index in [0.717, 1.165) is 24.6 Å². The standard InChI is InChI=1S/C15H16ClNO3/c16-11-1-2-12-10(7-11)8-13(20-12)14(19)17-9-15(3-4-15)5-6-18/h1-2,7-8,18H,3-6,9H2,(H,17,19). The summed E-state index contributed by atoms with van der Waals surface area (Å²) < 4.78 is 5.51. The first-order valence-electron chi connectivity index (χ1n) is 6.70. The van der Waals surface area contributed by atoms with Crippen molar-refractivity contribution >= 4 is 28.5 Å². The highest BCUT2D eigenvalue weighted by atomic mass is 35.5. The van der Waals surface area contributed by atoms with E-state index in [0.29, 0.717) is 22.9 Å². The Balaban J connectivity index is 1.69. The van der Waals surface area contributed by atoms with Crippen LogP contribution in [0.1, 0.15) is 29.8 Å². The van der Waals surface area contributed by atoms with Crippen molar-refractivity contribution in [2.24, 2.45) is 5.41 Å². The van der Waals surface area contributed by atoms with E-state index in [1.807, 2.05) is 0 Å². The Morgan fingerprint density at radius 3 is 2.90 bits per heavy atom. The van der Waals surface area contributed by atoms with Gasteiger partial charge in [-0.1, -0.05) is 11.6 Å². The van der Waals surface area contributed by atoms with Gasteiger partial charge in [0.15, 0.2) is 5.76 Å². The highest BCUT2D eigenvalue weighted by Gasteiger charge is 2.42. The number of hydrogen-bond donors (Lipinski definition) is 2. The van der Waals surface area contributed by atoms with E-state index >= 15 is 0 Å². The zero-order valence-corrected chi connectivity index (χ0v) is 11.7. The van der Waals surface area contributed by atoms with Gasteiger partial charge >= 0.3 is 0 Å². The minimum absolute atomic E-state index is 0.0970. The fourth-order valence-corrected chi connectivity index (χ4v) is 2.59. The molecule has 1 saturated carbocycles. The number of halogens is 1. The lowest BCUT2D eigenvalue weighted by molar-refractivity contribution is 0.0915. The smallest absolute Gasteiger partial charge is 0.287 e. The molecular formula is C15H16ClNO3. The van der Waals surface area contributed by atoms with E-state index in [4.69, 9.17) is 21.1 Å². The maximum absolute atomic E-state index is 12.1. The predicted octanol–water partition coefficient (Wildman–Crippen LogP) is 2.98. The lowest BCUT2D eigenvalue weighted by Crippen LogP contribution is -2.30. The van der Waals surface area contributed by atoms with Crippen LogP contribution in [0.15, 0.2) is 28.7 Å². The van der Waals surface area contributed by atoms with Crippen molar-refractivity contribution in [1.29, 1.82) is 0 Å². The van der Waals surface area contributed by atoms with Crippen LogP contribution in [0, 0.1) is 5.41 Å². The topological polar surface area (TPSA) is 62.5 Å². The number of aliphatic hydroxyl groups excluding tert-OH is 1. The Hall–Kier alpha value is -1.52. The molecule has 1 aliphatic carbocycles. The van der Waals surface area contributed by atoms with Crippen molar-refractivity contribution in [2.45, 2.75) is 19.3 Å². The molecule has 0 unspecified atom stereocenters. The molecule has 1 amide bonds. The van der Waals surface area contributed by atoms with Crippen LogP contribution >= 0.6 is 11.6 Å². The fraction of sp³-hybridized carbons (Fsp3) is 0.400. The van der Waals surface area contributed by atoms with Crippen molar-refractivity contribution in [2.75, 3.05) is 13.2 Å². The predicted molar refractivity (Wildman–Crippen MR) is 76.9 cm³/mol. The van der Waals surface area contributed by atoms with E-state index in [9.17, 15) is 4.79 Å². The normalized spacial score (nSPS) is 16.3. The summed E-state index contributed by atoms with van der Waals surface area (Å²) in [7, 11) is 0. The number of amides is 1. The second-order valence-electron chi connectivity index (χ2n) is 5.45. The van der Waals surface area contributed by atoms with Gasteiger partial charge in [0.05, 0.1) is 0 Å². The molecule has 2 aromatic rings. The summed E-state index contributed by atoms with van der Waals surface area (Å²) in [6, 6.07) is 6.95. The number of nitrogens with one attached hydrogen (secondary N) is 1. The first-order chi connectivity index (χ1) is 9.62. The second kappa shape index (κ2) is 5.11. The number of hydrogen-bond acceptors (Lipinski definition) is 3. The number of carbonyl (C=O) groups is 1. The molecule has 1 fully saturated rings. The minimum atomic E-state index is -0.221. The van der Waals surface area contributed by atoms with E-state index in [1.54, 1.807) is 24.3 Å². The molecule has 3 rings (SSSR count). The van der Waals surface area contributed by atoms with E-state index in [1.165, 1.54) is 0 Å². The summed E-state index contributed by atoms with van der Waals surface area (Å²) >= 11 is 5.91. The van der Waals surface area contributed by atoms with Crippen LogP contribution in [0.5, 0.6) is 0 Å². The highest BCUT2D eigenvalue weighted by molar-refractivity contribution is 6.31. The van der Waals surface area contributed by atoms with Gasteiger partial charge in [0.1, 0.15) is 5.58 Å². The molecule has 0 atom stereocenters. The molecule has 0 spiro atoms. The van der Waals surface area contributed by atoms with Crippen LogP contribution in [0.4, 0.5) is 0 Å². The van der Waals surface area contributed by atoms with E-state index in [2.05, 4.69) is 5.32 Å². The molecule has 20 heavy (non-hydrogen) atoms. The fourth-order valence-electron chi connectivity index (χ4n) is 2.41. The third-order valence-electron chi connectivity index (χ3n) is 3.93. The Bertz CT molecular complexity index is 646. The molecule has 0 radical (unpaired) electrons. The van der Waals surface area contributed by atoms with Crippen LogP contribution in [0.25, 0.3) is 11.0 Å². The van der Waals surface area contributed by atoms with Gasteiger partial charge in [-0.25, -0.2) is 0 Å². The molecule has 4 nitrogen and oxygen atoms in total. The van der Waals surface area contributed by atoms with E-state index in [-0.39, 0.29) is 17.9 Å². The molecule has 1 aliphatic rings. The first-order valence-corrected chi connectivity index (χ1v) is 7.08. The second-order valence-corrected chi connectivity index (χ2v) is 5.89. The summed E-state index contributed by atoms with van der Waals surface area (Å²) in [6.07, 6.45) is 2.86. The van der Waals surface area contributed by atoms with Gasteiger partial charge in [0, 0.05) is 23.6 Å². The molecule has 0 saturated heterocycles. The number of fused-ring (bicyclic) bond motifs is 1. The minimum Gasteiger partial charge on any atom is -0.451 e. The summed E-state index contributed by atoms with van der Waals surface area (Å²) in [6.45, 7) is 0.753. The third kappa shape index (κ3) is 2.67. The summed E-state index contributed by atoms with van der Waals surface area (Å²) in [5.74, 6) is 0.0728. The molecule has 106 valence electrons. The average Bonchev–Trinajstić information content (AvgIpc) is 3.06. The monoisotopic (exact) mass is 293 g/mol. The van der Waals surface area contributed by atoms with Crippen LogP contribution in [0.2, 0.25) is 5.02 Å². The number of rotatable bonds is 5. The molecule has 0 aliphatic heterocycles. The highest BCUT2D eigenvalue weighted by Crippen LogP contribution is 2.47. The number of furan rings is 1. The van der Waals surface area contributed by atoms with Gasteiger partial charge in [-0.3, -0.25) is 4.79 Å². The molecule has 1 aromatic heterocycles. The van der Waals surface area contributed by atoms with E-state index < -0.39 is 0 Å². The number of aliphatic hydroxyl groups is 1. The van der Waals surface area contributed by atoms with Gasteiger partial charge in [-0.2, -0.15) is 0 Å². The maximum atomic E-state index is 12.1. The van der Waals surface area contributed by atoms with Gasteiger partial charge in [0.25, 0.3) is 5.91 Å². The van der Waals surface area contributed by atoms with Gasteiger partial charge in [-0.05, 0) is 48.9 Å². The zero-order chi connectivity index (χ0) is 14.2. The van der Waals surface area contributed by atoms with Gasteiger partial charge in [-0.15, -0.1) is 0 Å². The van der Waals surface area contributed by atoms with Crippen LogP contribution in [-0.4, -0.2) is 24.2 Å². The summed E-state index contributed by atoms with van der Waals surface area (Å²) in [5.41, 5.74) is 0.746. The molecule has 1 heterocycles. The van der Waals surface area contributed by atoms with Crippen molar-refractivity contribution in [1.82, 2.24) is 5.32 Å². The Kier molecular flexibility index (Phi) is 3.44. The zero-order valence-electron chi connectivity index (χ0n) is 11.0. The van der Waals surface area contributed by atoms with Gasteiger partial charge in [0.2, 0.25) is 0 Å². The first kappa shape index (κ1) is 13.5. The number of carbonyl (C=O) groups excluding carboxylic acids is 1. The summed E-state index contributed by atoms with van der Waals surface area (Å²) in [5, 5.41) is 13.3. The van der Waals surface area contributed by atoms with Crippen LogP contribution < -0.4 is 5.32 Å². The largest absolute Gasteiger partial charge is 0.451 e. The Morgan fingerprint density at radius 2 is 2.20 bits per heavy atom. The van der Waals surface area contributed by atoms with Crippen LogP contribution in [0.3, 0.4) is 0 Å². The summed E-state index contributed by atoms with van der Waals surface area (Å²) in [4.78, 5) is 12.1. The molecule has 5 heteroatoms. The average molecular weight is 294 g/mol. The lowest BCUT2D eigenvalue weighted by Gasteiger charge is -2.13. The van der Waals surface area contributed by atoms with Gasteiger partial charge < -0.3 is 14.8 Å². The Morgan fingerprint density at radius 1 is 1.40 bits per heavy atom. The lowest BCUT2D eigenvalue weighted by atomic mass is 10.0. The molecule has 1 aromatic carbocycles. The van der Waals surface area contributed by atoms with Crippen LogP contribution in [-0.2, 0) is 0 Å². The maximum Gasteiger partial charge on any atom is 0.287 e. The molecule has 0 bridgehead atoms. The van der Waals surface area contributed by atoms with Crippen molar-refractivity contribution < 1.29 is 14.3 Å². The third-order valence-corrected chi connectivity index (χ3v) is 4.16.